The molecule has 5 rings (SSSR count). The van der Waals surface area contributed by atoms with Gasteiger partial charge in [0.25, 0.3) is 0 Å². The van der Waals surface area contributed by atoms with Gasteiger partial charge in [0, 0.05) is 0 Å². The van der Waals surface area contributed by atoms with E-state index in [2.05, 4.69) is 84.6 Å². The summed E-state index contributed by atoms with van der Waals surface area (Å²) in [6, 6.07) is 24.4. The van der Waals surface area contributed by atoms with Crippen LogP contribution in [-0.4, -0.2) is 0 Å². The minimum absolute atomic E-state index is 0.655. The van der Waals surface area contributed by atoms with Crippen LogP contribution in [0.4, 0.5) is 11.4 Å². The molecule has 0 bridgehead atoms. The second-order valence-corrected chi connectivity index (χ2v) is 8.94. The average Bonchev–Trinajstić information content (AvgIpc) is 2.95. The molecule has 119 valence electrons. The zero-order valence-electron chi connectivity index (χ0n) is 14.2. The van der Waals surface area contributed by atoms with E-state index in [4.69, 9.17) is 0 Å². The third-order valence-corrected chi connectivity index (χ3v) is 8.13. The summed E-state index contributed by atoms with van der Waals surface area (Å²) in [6.07, 6.45) is 2.41. The molecule has 2 heteroatoms. The van der Waals surface area contributed by atoms with Gasteiger partial charge in [0.1, 0.15) is 0 Å². The number of benzene rings is 3. The number of rotatable bonds is 1. The van der Waals surface area contributed by atoms with E-state index < -0.39 is 0 Å². The van der Waals surface area contributed by atoms with Crippen LogP contribution in [0.1, 0.15) is 27.3 Å². The molecule has 0 spiro atoms. The summed E-state index contributed by atoms with van der Waals surface area (Å²) in [5.41, 5.74) is 11.2. The molecule has 1 heterocycles. The summed E-state index contributed by atoms with van der Waals surface area (Å²) in [5, 5.41) is 0. The van der Waals surface area contributed by atoms with Crippen LogP contribution in [0.15, 0.2) is 72.3 Å². The number of nitrogens with zero attached hydrogens (tertiary/aromatic N) is 1. The van der Waals surface area contributed by atoms with Crippen LogP contribution >= 0.6 is 0 Å². The molecule has 0 N–H and O–H groups in total. The van der Waals surface area contributed by atoms with E-state index in [0.29, 0.717) is 3.67 Å². The summed E-state index contributed by atoms with van der Waals surface area (Å²) in [7, 11) is 0. The summed E-state index contributed by atoms with van der Waals surface area (Å²) in [4.78, 5) is 2.50. The van der Waals surface area contributed by atoms with Gasteiger partial charge in [-0.15, -0.1) is 0 Å². The van der Waals surface area contributed by atoms with Crippen molar-refractivity contribution >= 4 is 17.5 Å². The molecule has 0 aromatic heterocycles. The third-order valence-electron chi connectivity index (χ3n) is 5.38. The van der Waals surface area contributed by atoms with Crippen LogP contribution in [-0.2, 0) is 30.9 Å². The quantitative estimate of drug-likeness (QED) is 0.381. The van der Waals surface area contributed by atoms with Gasteiger partial charge in [0.05, 0.1) is 0 Å². The van der Waals surface area contributed by atoms with Crippen LogP contribution in [0.2, 0.25) is 0 Å². The number of hydrogen-bond donors (Lipinski definition) is 0. The van der Waals surface area contributed by atoms with Crippen molar-refractivity contribution < 1.29 is 24.4 Å². The molecular weight excluding hydrogens is 469 g/mol. The Bertz CT molecular complexity index is 1020. The zero-order valence-corrected chi connectivity index (χ0v) is 17.8. The van der Waals surface area contributed by atoms with Crippen LogP contribution in [0.5, 0.6) is 0 Å². The Morgan fingerprint density at radius 3 is 2.44 bits per heavy atom. The maximum atomic E-state index is 2.50. The molecule has 1 aliphatic heterocycles. The Morgan fingerprint density at radius 1 is 0.840 bits per heavy atom. The van der Waals surface area contributed by atoms with E-state index in [9.17, 15) is 0 Å². The second kappa shape index (κ2) is 5.81. The normalized spacial score (nSPS) is 17.5. The summed E-state index contributed by atoms with van der Waals surface area (Å²) >= 11 is 1.18. The number of para-hydroxylation sites is 1. The van der Waals surface area contributed by atoms with E-state index in [-0.39, 0.29) is 0 Å². The van der Waals surface area contributed by atoms with Gasteiger partial charge in [0.15, 0.2) is 0 Å². The molecule has 3 aromatic rings. The SMILES string of the molecule is CC1=Cc2c(cccc2N2Cc3ccccc3-c3ccccc32)[CH]1[Hf]. The number of allylic oxidation sites excluding steroid dienone is 1. The predicted molar refractivity (Wildman–Crippen MR) is 101 cm³/mol. The zero-order chi connectivity index (χ0) is 17.0. The summed E-state index contributed by atoms with van der Waals surface area (Å²) in [6.45, 7) is 3.21. The third kappa shape index (κ3) is 2.31. The summed E-state index contributed by atoms with van der Waals surface area (Å²) < 4.78 is 0.655. The Balaban J connectivity index is 1.73. The van der Waals surface area contributed by atoms with Crippen LogP contribution in [0, 0.1) is 0 Å². The molecule has 1 nitrogen and oxygen atoms in total. The molecule has 1 unspecified atom stereocenters. The number of fused-ring (bicyclic) bond motifs is 4. The van der Waals surface area contributed by atoms with E-state index in [1.54, 1.807) is 0 Å². The molecule has 0 radical (unpaired) electrons. The first-order valence-electron chi connectivity index (χ1n) is 8.71. The van der Waals surface area contributed by atoms with Crippen molar-refractivity contribution in [3.05, 3.63) is 89.0 Å². The Morgan fingerprint density at radius 2 is 1.56 bits per heavy atom. The predicted octanol–water partition coefficient (Wildman–Crippen LogP) is 6.01. The molecule has 3 aromatic carbocycles. The molecule has 0 amide bonds. The van der Waals surface area contributed by atoms with Gasteiger partial charge in [0.2, 0.25) is 0 Å². The molecule has 25 heavy (non-hydrogen) atoms. The second-order valence-electron chi connectivity index (χ2n) is 6.86. The van der Waals surface area contributed by atoms with Crippen LogP contribution in [0.25, 0.3) is 17.2 Å². The fraction of sp³-hybridized carbons (Fsp3) is 0.130. The molecule has 1 atom stereocenters. The first kappa shape index (κ1) is 15.3. The van der Waals surface area contributed by atoms with Crippen LogP contribution in [0.3, 0.4) is 0 Å². The Hall–Kier alpha value is -1.93. The van der Waals surface area contributed by atoms with E-state index in [0.717, 1.165) is 6.54 Å². The van der Waals surface area contributed by atoms with Crippen molar-refractivity contribution in [3.8, 4) is 11.1 Å². The molecule has 2 aliphatic rings. The van der Waals surface area contributed by atoms with Crippen molar-refractivity contribution in [1.29, 1.82) is 0 Å². The molecule has 0 saturated carbocycles. The van der Waals surface area contributed by atoms with Gasteiger partial charge in [-0.05, 0) is 0 Å². The number of anilines is 2. The Kier molecular flexibility index (Phi) is 3.56. The Labute approximate surface area is 163 Å². The molecular formula is C23H18HfN. The average molecular weight is 487 g/mol. The standard InChI is InChI=1S/C23H18N.Hf/c1-16-13-17-8-6-12-23(21(17)14-16)24-15-18-7-2-3-9-19(18)20-10-4-5-11-22(20)24;/h2-14H,15H2,1H3;. The van der Waals surface area contributed by atoms with Gasteiger partial charge in [-0.1, -0.05) is 0 Å². The van der Waals surface area contributed by atoms with Crippen molar-refractivity contribution in [2.75, 3.05) is 4.90 Å². The molecule has 0 saturated heterocycles. The van der Waals surface area contributed by atoms with Crippen molar-refractivity contribution in [2.45, 2.75) is 17.1 Å². The van der Waals surface area contributed by atoms with Crippen molar-refractivity contribution in [3.63, 3.8) is 0 Å². The van der Waals surface area contributed by atoms with Gasteiger partial charge < -0.3 is 0 Å². The summed E-state index contributed by atoms with van der Waals surface area (Å²) in [5.74, 6) is 0. The number of hydrogen-bond acceptors (Lipinski definition) is 1. The van der Waals surface area contributed by atoms with Crippen molar-refractivity contribution in [2.24, 2.45) is 0 Å². The van der Waals surface area contributed by atoms with Gasteiger partial charge in [-0.25, -0.2) is 0 Å². The van der Waals surface area contributed by atoms with Gasteiger partial charge >= 0.3 is 164 Å². The van der Waals surface area contributed by atoms with Crippen LogP contribution < -0.4 is 4.90 Å². The van der Waals surface area contributed by atoms with E-state index >= 15 is 0 Å². The first-order valence-corrected chi connectivity index (χ1v) is 10.8. The molecule has 1 aliphatic carbocycles. The van der Waals surface area contributed by atoms with Crippen molar-refractivity contribution in [1.82, 2.24) is 0 Å². The van der Waals surface area contributed by atoms with Gasteiger partial charge in [-0.3, -0.25) is 0 Å². The monoisotopic (exact) mass is 488 g/mol. The van der Waals surface area contributed by atoms with E-state index in [1.807, 2.05) is 0 Å². The fourth-order valence-corrected chi connectivity index (χ4v) is 5.30. The fourth-order valence-electron chi connectivity index (χ4n) is 4.10. The first-order chi connectivity index (χ1) is 12.2. The topological polar surface area (TPSA) is 3.24 Å². The molecule has 0 fully saturated rings. The minimum atomic E-state index is 0.655. The maximum absolute atomic E-state index is 2.50. The van der Waals surface area contributed by atoms with Gasteiger partial charge in [-0.2, -0.15) is 0 Å². The van der Waals surface area contributed by atoms with E-state index in [1.165, 1.54) is 69.1 Å².